The van der Waals surface area contributed by atoms with Gasteiger partial charge < -0.3 is 9.84 Å². The van der Waals surface area contributed by atoms with E-state index in [2.05, 4.69) is 0 Å². The summed E-state index contributed by atoms with van der Waals surface area (Å²) in [6.07, 6.45) is 0.364. The number of thioether (sulfide) groups is 1. The van der Waals surface area contributed by atoms with Gasteiger partial charge in [-0.05, 0) is 60.7 Å². The Hall–Kier alpha value is -2.05. The van der Waals surface area contributed by atoms with Crippen molar-refractivity contribution in [3.63, 3.8) is 0 Å². The number of alkyl halides is 2. The topological polar surface area (TPSA) is 104 Å². The molecule has 0 heterocycles. The normalized spacial score (nSPS) is 46.4. The zero-order valence-electron chi connectivity index (χ0n) is 24.2. The van der Waals surface area contributed by atoms with Gasteiger partial charge in [-0.2, -0.15) is 5.26 Å². The molecule has 0 aromatic rings. The number of hydrogen-bond donors (Lipinski definition) is 1. The largest absolute Gasteiger partial charge is 0.449 e. The number of hydrogen-bond acceptors (Lipinski definition) is 7. The highest BCUT2D eigenvalue weighted by atomic mass is 32.2. The van der Waals surface area contributed by atoms with Gasteiger partial charge in [0.05, 0.1) is 23.8 Å². The maximum atomic E-state index is 17.6. The van der Waals surface area contributed by atoms with Crippen LogP contribution in [0.2, 0.25) is 0 Å². The average Bonchev–Trinajstić information content (AvgIpc) is 3.17. The minimum Gasteiger partial charge on any atom is -0.449 e. The number of aliphatic hydroxyl groups excluding tert-OH is 1. The fraction of sp³-hybridized carbons (Fsp3) is 0.742. The lowest BCUT2D eigenvalue weighted by Crippen LogP contribution is -2.70. The molecule has 0 aliphatic heterocycles. The predicted octanol–water partition coefficient (Wildman–Crippen LogP) is 5.30. The molecule has 0 bridgehead atoms. The van der Waals surface area contributed by atoms with E-state index in [1.807, 2.05) is 33.8 Å². The van der Waals surface area contributed by atoms with E-state index in [1.54, 1.807) is 13.8 Å². The minimum absolute atomic E-state index is 0.0315. The van der Waals surface area contributed by atoms with Crippen molar-refractivity contribution in [2.45, 2.75) is 91.3 Å². The Morgan fingerprint density at radius 2 is 1.77 bits per heavy atom. The SMILES string of the molecule is C[C@@H]1C[C@H]2[C@@H]3C[C@H](F)C4=CC(=O)C=C[C@]4(C)[C@@]3(F)C(O)C[C@]2(C)[C@@]1(OC(=O)C1C(C)(C)C1(C)C)C(=O)SCC#N. The number of ether oxygens (including phenoxy) is 1. The van der Waals surface area contributed by atoms with Crippen LogP contribution in [0.1, 0.15) is 67.7 Å². The first kappa shape index (κ1) is 29.4. The lowest BCUT2D eigenvalue weighted by Gasteiger charge is -2.63. The number of carbonyl (C=O) groups is 3. The molecular formula is C31H39F2NO5S. The third-order valence-corrected chi connectivity index (χ3v) is 13.1. The number of nitrogens with zero attached hydrogens (tertiary/aromatic N) is 1. The van der Waals surface area contributed by atoms with Gasteiger partial charge in [0.2, 0.25) is 5.12 Å². The zero-order chi connectivity index (χ0) is 29.8. The number of allylic oxidation sites excluding steroid dienone is 4. The summed E-state index contributed by atoms with van der Waals surface area (Å²) in [5.74, 6) is -3.70. The maximum Gasteiger partial charge on any atom is 0.311 e. The van der Waals surface area contributed by atoms with Crippen LogP contribution in [-0.2, 0) is 19.1 Å². The number of esters is 1. The summed E-state index contributed by atoms with van der Waals surface area (Å²) in [5.41, 5.74) is -7.47. The summed E-state index contributed by atoms with van der Waals surface area (Å²) in [5, 5.41) is 20.4. The molecule has 0 saturated heterocycles. The van der Waals surface area contributed by atoms with Gasteiger partial charge in [-0.3, -0.25) is 14.4 Å². The van der Waals surface area contributed by atoms with Crippen molar-refractivity contribution in [3.8, 4) is 6.07 Å². The van der Waals surface area contributed by atoms with E-state index in [-0.39, 0.29) is 41.4 Å². The van der Waals surface area contributed by atoms with Crippen LogP contribution in [0.5, 0.6) is 0 Å². The van der Waals surface area contributed by atoms with Crippen molar-refractivity contribution in [3.05, 3.63) is 23.8 Å². The number of nitriles is 1. The molecule has 9 atom stereocenters. The highest BCUT2D eigenvalue weighted by molar-refractivity contribution is 8.14. The maximum absolute atomic E-state index is 17.6. The van der Waals surface area contributed by atoms with E-state index in [1.165, 1.54) is 19.1 Å². The fourth-order valence-corrected chi connectivity index (χ4v) is 10.3. The predicted molar refractivity (Wildman–Crippen MR) is 146 cm³/mol. The van der Waals surface area contributed by atoms with E-state index in [9.17, 15) is 24.8 Å². The van der Waals surface area contributed by atoms with Crippen LogP contribution in [0, 0.1) is 56.7 Å². The molecule has 0 radical (unpaired) electrons. The zero-order valence-corrected chi connectivity index (χ0v) is 25.0. The van der Waals surface area contributed by atoms with Crippen molar-refractivity contribution in [2.75, 3.05) is 5.75 Å². The molecule has 40 heavy (non-hydrogen) atoms. The number of ketones is 1. The van der Waals surface area contributed by atoms with E-state index < -0.39 is 74.9 Å². The number of carbonyl (C=O) groups excluding carboxylic acids is 3. The summed E-state index contributed by atoms with van der Waals surface area (Å²) < 4.78 is 39.7. The van der Waals surface area contributed by atoms with Crippen LogP contribution in [-0.4, -0.2) is 51.3 Å². The number of aliphatic hydroxyl groups is 1. The highest BCUT2D eigenvalue weighted by Crippen LogP contribution is 2.73. The van der Waals surface area contributed by atoms with Gasteiger partial charge in [0.1, 0.15) is 6.17 Å². The molecule has 0 spiro atoms. The standard InChI is InChI=1S/C31H39F2NO5S/c1-16-12-18-19-14-21(32)20-13-17(35)8-9-28(20,6)30(19,33)22(36)15-29(18,7)31(16,25(38)40-11-10-34)39-24(37)23-26(2,3)27(23,4)5/h8-9,13,16,18-19,21-23,36H,11-12,14-15H2,1-7H3/t16-,18+,19+,21+,22?,28+,29+,30+,31+/m1/s1. The first-order valence-electron chi connectivity index (χ1n) is 14.1. The molecule has 1 unspecified atom stereocenters. The Balaban J connectivity index is 1.62. The van der Waals surface area contributed by atoms with E-state index >= 15 is 8.78 Å². The first-order chi connectivity index (χ1) is 18.4. The molecule has 0 aromatic heterocycles. The van der Waals surface area contributed by atoms with Gasteiger partial charge in [0.25, 0.3) is 0 Å². The van der Waals surface area contributed by atoms with Crippen LogP contribution >= 0.6 is 11.8 Å². The molecule has 4 fully saturated rings. The average molecular weight is 576 g/mol. The summed E-state index contributed by atoms with van der Waals surface area (Å²) in [7, 11) is 0. The lowest BCUT2D eigenvalue weighted by atomic mass is 9.44. The van der Waals surface area contributed by atoms with Gasteiger partial charge in [-0.1, -0.05) is 59.4 Å². The highest BCUT2D eigenvalue weighted by Gasteiger charge is 2.79. The van der Waals surface area contributed by atoms with Crippen LogP contribution < -0.4 is 0 Å². The Labute approximate surface area is 239 Å². The van der Waals surface area contributed by atoms with Crippen molar-refractivity contribution in [2.24, 2.45) is 45.3 Å². The van der Waals surface area contributed by atoms with E-state index in [0.29, 0.717) is 0 Å². The van der Waals surface area contributed by atoms with Gasteiger partial charge in [0.15, 0.2) is 17.1 Å². The second kappa shape index (κ2) is 8.73. The molecule has 218 valence electrons. The third kappa shape index (κ3) is 3.32. The van der Waals surface area contributed by atoms with Gasteiger partial charge in [-0.15, -0.1) is 0 Å². The van der Waals surface area contributed by atoms with Crippen LogP contribution in [0.25, 0.3) is 0 Å². The van der Waals surface area contributed by atoms with E-state index in [0.717, 1.165) is 17.8 Å². The molecule has 5 rings (SSSR count). The second-order valence-electron chi connectivity index (χ2n) is 14.3. The molecule has 4 saturated carbocycles. The molecule has 5 aliphatic rings. The fourth-order valence-electron chi connectivity index (χ4n) is 9.43. The third-order valence-electron chi connectivity index (χ3n) is 12.3. The number of fused-ring (bicyclic) bond motifs is 5. The van der Waals surface area contributed by atoms with Crippen LogP contribution in [0.15, 0.2) is 23.8 Å². The van der Waals surface area contributed by atoms with Crippen molar-refractivity contribution in [1.82, 2.24) is 0 Å². The summed E-state index contributed by atoms with van der Waals surface area (Å²) in [4.78, 5) is 40.0. The van der Waals surface area contributed by atoms with Gasteiger partial charge >= 0.3 is 5.97 Å². The molecule has 0 aromatic carbocycles. The monoisotopic (exact) mass is 575 g/mol. The van der Waals surface area contributed by atoms with E-state index in [4.69, 9.17) is 4.74 Å². The minimum atomic E-state index is -2.30. The molecular weight excluding hydrogens is 536 g/mol. The number of rotatable bonds is 4. The summed E-state index contributed by atoms with van der Waals surface area (Å²) >= 11 is 0.768. The van der Waals surface area contributed by atoms with Crippen molar-refractivity contribution < 1.29 is 33.0 Å². The van der Waals surface area contributed by atoms with Gasteiger partial charge in [0, 0.05) is 22.7 Å². The summed E-state index contributed by atoms with van der Waals surface area (Å²) in [6.45, 7) is 13.0. The van der Waals surface area contributed by atoms with Crippen LogP contribution in [0.3, 0.4) is 0 Å². The molecule has 6 nitrogen and oxygen atoms in total. The summed E-state index contributed by atoms with van der Waals surface area (Å²) in [6, 6.07) is 1.96. The van der Waals surface area contributed by atoms with Crippen molar-refractivity contribution in [1.29, 1.82) is 5.26 Å². The molecule has 9 heteroatoms. The Kier molecular flexibility index (Phi) is 6.43. The van der Waals surface area contributed by atoms with Crippen molar-refractivity contribution >= 4 is 28.6 Å². The molecule has 5 aliphatic carbocycles. The lowest BCUT2D eigenvalue weighted by molar-refractivity contribution is -0.229. The molecule has 0 amide bonds. The van der Waals surface area contributed by atoms with Crippen LogP contribution in [0.4, 0.5) is 8.78 Å². The number of halogens is 2. The Morgan fingerprint density at radius 1 is 1.15 bits per heavy atom. The van der Waals surface area contributed by atoms with Gasteiger partial charge in [-0.25, -0.2) is 8.78 Å². The Bertz CT molecular complexity index is 1270. The second-order valence-corrected chi connectivity index (χ2v) is 15.2. The Morgan fingerprint density at radius 3 is 2.35 bits per heavy atom. The smallest absolute Gasteiger partial charge is 0.311 e. The molecule has 1 N–H and O–H groups in total. The first-order valence-corrected chi connectivity index (χ1v) is 15.1. The quantitative estimate of drug-likeness (QED) is 0.454.